The van der Waals surface area contributed by atoms with Gasteiger partial charge in [0.15, 0.2) is 0 Å². The predicted octanol–water partition coefficient (Wildman–Crippen LogP) is 3.18. The average Bonchev–Trinajstić information content (AvgIpc) is 2.84. The van der Waals surface area contributed by atoms with E-state index >= 15 is 0 Å². The molecule has 2 aliphatic rings. The Labute approximate surface area is 164 Å². The van der Waals surface area contributed by atoms with Crippen LogP contribution in [-0.4, -0.2) is 42.9 Å². The van der Waals surface area contributed by atoms with E-state index in [1.807, 2.05) is 19.1 Å². The molecule has 0 aliphatic carbocycles. The first-order chi connectivity index (χ1) is 13.1. The van der Waals surface area contributed by atoms with Gasteiger partial charge in [-0.1, -0.05) is 23.7 Å². The van der Waals surface area contributed by atoms with Gasteiger partial charge in [0.25, 0.3) is 0 Å². The second-order valence-corrected chi connectivity index (χ2v) is 7.73. The molecule has 2 fully saturated rings. The number of nitrogens with zero attached hydrogens (tertiary/aromatic N) is 3. The van der Waals surface area contributed by atoms with E-state index in [1.165, 1.54) is 5.56 Å². The predicted molar refractivity (Wildman–Crippen MR) is 106 cm³/mol. The summed E-state index contributed by atoms with van der Waals surface area (Å²) in [7, 11) is 0. The third kappa shape index (κ3) is 4.18. The monoisotopic (exact) mass is 388 g/mol. The zero-order valence-electron chi connectivity index (χ0n) is 15.5. The number of aromatic nitrogens is 2. The molecule has 1 atom stereocenters. The normalized spacial score (nSPS) is 21.0. The number of ether oxygens (including phenoxy) is 2. The number of rotatable bonds is 4. The molecular weight excluding hydrogens is 364 g/mol. The van der Waals surface area contributed by atoms with Crippen molar-refractivity contribution < 1.29 is 9.47 Å². The molecule has 144 valence electrons. The summed E-state index contributed by atoms with van der Waals surface area (Å²) in [4.78, 5) is 10.9. The van der Waals surface area contributed by atoms with Gasteiger partial charge in [-0.2, -0.15) is 4.98 Å². The van der Waals surface area contributed by atoms with Crippen molar-refractivity contribution in [1.29, 1.82) is 0 Å². The van der Waals surface area contributed by atoms with E-state index < -0.39 is 0 Å². The van der Waals surface area contributed by atoms with Crippen LogP contribution in [0.4, 0.5) is 11.8 Å². The second-order valence-electron chi connectivity index (χ2n) is 7.33. The first-order valence-corrected chi connectivity index (χ1v) is 9.79. The average molecular weight is 389 g/mol. The molecule has 1 aromatic carbocycles. The summed E-state index contributed by atoms with van der Waals surface area (Å²) in [6.45, 7) is 5.74. The van der Waals surface area contributed by atoms with Crippen LogP contribution in [0.3, 0.4) is 0 Å². The molecule has 0 amide bonds. The standard InChI is InChI=1S/C20H25ClN4O2/c1-13-7-19(24-20(22)23-13)25-5-2-6-26-12-18(25)16-9-14(3-4-17(16)21)8-15-10-27-11-15/h3-4,7,9,15,18H,2,5-6,8,10-12H2,1H3,(H2,22,23,24). The zero-order chi connectivity index (χ0) is 18.8. The minimum absolute atomic E-state index is 0.00806. The molecule has 2 aliphatic heterocycles. The van der Waals surface area contributed by atoms with Gasteiger partial charge in [-0.25, -0.2) is 4.98 Å². The number of anilines is 2. The molecule has 0 radical (unpaired) electrons. The molecule has 0 bridgehead atoms. The highest BCUT2D eigenvalue weighted by Gasteiger charge is 2.28. The Morgan fingerprint density at radius 3 is 2.78 bits per heavy atom. The van der Waals surface area contributed by atoms with Crippen molar-refractivity contribution in [1.82, 2.24) is 9.97 Å². The maximum atomic E-state index is 6.62. The number of benzene rings is 1. The molecule has 1 aromatic heterocycles. The molecule has 7 heteroatoms. The van der Waals surface area contributed by atoms with E-state index in [1.54, 1.807) is 0 Å². The fourth-order valence-corrected chi connectivity index (χ4v) is 3.99. The summed E-state index contributed by atoms with van der Waals surface area (Å²) in [6, 6.07) is 8.28. The lowest BCUT2D eigenvalue weighted by molar-refractivity contribution is -0.0312. The SMILES string of the molecule is Cc1cc(N2CCCOCC2c2cc(CC3COC3)ccc2Cl)nc(N)n1. The smallest absolute Gasteiger partial charge is 0.222 e. The molecule has 2 N–H and O–H groups in total. The van der Waals surface area contributed by atoms with Crippen LogP contribution in [0.15, 0.2) is 24.3 Å². The molecular formula is C20H25ClN4O2. The van der Waals surface area contributed by atoms with E-state index in [-0.39, 0.29) is 6.04 Å². The van der Waals surface area contributed by atoms with Crippen molar-refractivity contribution in [2.24, 2.45) is 5.92 Å². The van der Waals surface area contributed by atoms with Gasteiger partial charge in [0.1, 0.15) is 5.82 Å². The van der Waals surface area contributed by atoms with E-state index in [2.05, 4.69) is 27.0 Å². The Morgan fingerprint density at radius 2 is 2.04 bits per heavy atom. The number of nitrogens with two attached hydrogens (primary N) is 1. The molecule has 0 saturated carbocycles. The summed E-state index contributed by atoms with van der Waals surface area (Å²) in [5.74, 6) is 1.72. The Bertz CT molecular complexity index is 792. The number of nitrogen functional groups attached to an aromatic ring is 1. The van der Waals surface area contributed by atoms with Crippen LogP contribution in [0.1, 0.15) is 29.3 Å². The molecule has 27 heavy (non-hydrogen) atoms. The molecule has 2 saturated heterocycles. The Hall–Kier alpha value is -1.89. The first kappa shape index (κ1) is 18.5. The Morgan fingerprint density at radius 1 is 1.19 bits per heavy atom. The van der Waals surface area contributed by atoms with Crippen LogP contribution in [-0.2, 0) is 15.9 Å². The lowest BCUT2D eigenvalue weighted by Gasteiger charge is -2.32. The highest BCUT2D eigenvalue weighted by Crippen LogP contribution is 2.34. The summed E-state index contributed by atoms with van der Waals surface area (Å²) in [5.41, 5.74) is 9.11. The maximum Gasteiger partial charge on any atom is 0.222 e. The van der Waals surface area contributed by atoms with Crippen molar-refractivity contribution in [3.63, 3.8) is 0 Å². The largest absolute Gasteiger partial charge is 0.381 e. The van der Waals surface area contributed by atoms with Gasteiger partial charge in [-0.15, -0.1) is 0 Å². The van der Waals surface area contributed by atoms with Crippen LogP contribution >= 0.6 is 11.6 Å². The number of aryl methyl sites for hydroxylation is 1. The Kier molecular flexibility index (Phi) is 5.48. The summed E-state index contributed by atoms with van der Waals surface area (Å²) >= 11 is 6.62. The van der Waals surface area contributed by atoms with Gasteiger partial charge in [0.2, 0.25) is 5.95 Å². The van der Waals surface area contributed by atoms with Gasteiger partial charge >= 0.3 is 0 Å². The number of hydrogen-bond donors (Lipinski definition) is 1. The fraction of sp³-hybridized carbons (Fsp3) is 0.500. The molecule has 1 unspecified atom stereocenters. The summed E-state index contributed by atoms with van der Waals surface area (Å²) < 4.78 is 11.2. The minimum atomic E-state index is -0.00806. The lowest BCUT2D eigenvalue weighted by atomic mass is 9.95. The maximum absolute atomic E-state index is 6.62. The van der Waals surface area contributed by atoms with E-state index in [0.717, 1.165) is 61.3 Å². The molecule has 6 nitrogen and oxygen atoms in total. The quantitative estimate of drug-likeness (QED) is 0.867. The third-order valence-corrected chi connectivity index (χ3v) is 5.49. The molecule has 3 heterocycles. The zero-order valence-corrected chi connectivity index (χ0v) is 16.3. The van der Waals surface area contributed by atoms with Gasteiger partial charge in [-0.3, -0.25) is 0 Å². The number of halogens is 1. The topological polar surface area (TPSA) is 73.5 Å². The van der Waals surface area contributed by atoms with Crippen LogP contribution < -0.4 is 10.6 Å². The third-order valence-electron chi connectivity index (χ3n) is 5.14. The van der Waals surface area contributed by atoms with Crippen LogP contribution in [0.5, 0.6) is 0 Å². The first-order valence-electron chi connectivity index (χ1n) is 9.42. The Balaban J connectivity index is 1.68. The van der Waals surface area contributed by atoms with Crippen molar-refractivity contribution in [2.45, 2.75) is 25.8 Å². The van der Waals surface area contributed by atoms with Gasteiger partial charge in [0, 0.05) is 35.9 Å². The number of hydrogen-bond acceptors (Lipinski definition) is 6. The van der Waals surface area contributed by atoms with Crippen molar-refractivity contribution in [3.8, 4) is 0 Å². The van der Waals surface area contributed by atoms with Crippen molar-refractivity contribution in [3.05, 3.63) is 46.1 Å². The highest BCUT2D eigenvalue weighted by molar-refractivity contribution is 6.31. The highest BCUT2D eigenvalue weighted by atomic mass is 35.5. The van der Waals surface area contributed by atoms with Crippen LogP contribution in [0.25, 0.3) is 0 Å². The molecule has 2 aromatic rings. The van der Waals surface area contributed by atoms with E-state index in [9.17, 15) is 0 Å². The molecule has 4 rings (SSSR count). The van der Waals surface area contributed by atoms with Gasteiger partial charge in [-0.05, 0) is 37.0 Å². The van der Waals surface area contributed by atoms with Gasteiger partial charge < -0.3 is 20.1 Å². The fourth-order valence-electron chi connectivity index (χ4n) is 3.74. The molecule has 0 spiro atoms. The van der Waals surface area contributed by atoms with Crippen molar-refractivity contribution in [2.75, 3.05) is 43.6 Å². The van der Waals surface area contributed by atoms with Crippen molar-refractivity contribution >= 4 is 23.4 Å². The summed E-state index contributed by atoms with van der Waals surface area (Å²) in [6.07, 6.45) is 1.94. The summed E-state index contributed by atoms with van der Waals surface area (Å²) in [5, 5.41) is 0.753. The minimum Gasteiger partial charge on any atom is -0.381 e. The van der Waals surface area contributed by atoms with Crippen LogP contribution in [0.2, 0.25) is 5.02 Å². The van der Waals surface area contributed by atoms with Crippen LogP contribution in [0, 0.1) is 12.8 Å². The van der Waals surface area contributed by atoms with E-state index in [0.29, 0.717) is 18.5 Å². The van der Waals surface area contributed by atoms with E-state index in [4.69, 9.17) is 26.8 Å². The lowest BCUT2D eigenvalue weighted by Crippen LogP contribution is -2.32. The van der Waals surface area contributed by atoms with Gasteiger partial charge in [0.05, 0.1) is 25.9 Å². The second kappa shape index (κ2) is 8.00.